The third kappa shape index (κ3) is 4.10. The van der Waals surface area contributed by atoms with E-state index in [1.54, 1.807) is 0 Å². The summed E-state index contributed by atoms with van der Waals surface area (Å²) in [6, 6.07) is 16.5. The van der Waals surface area contributed by atoms with E-state index in [4.69, 9.17) is 0 Å². The number of nitrogens with one attached hydrogen (secondary N) is 2. The van der Waals surface area contributed by atoms with E-state index in [0.29, 0.717) is 5.95 Å². The SMILES string of the molecule is Cc1ccc(Nc2nc(C)cc(Nc3cc(C)cc(C)c3)n2)cc1. The first-order chi connectivity index (χ1) is 11.5. The van der Waals surface area contributed by atoms with E-state index >= 15 is 0 Å². The number of aromatic nitrogens is 2. The van der Waals surface area contributed by atoms with Gasteiger partial charge in [0.1, 0.15) is 5.82 Å². The van der Waals surface area contributed by atoms with Crippen LogP contribution in [0.2, 0.25) is 0 Å². The van der Waals surface area contributed by atoms with Gasteiger partial charge in [-0.3, -0.25) is 0 Å². The molecule has 0 unspecified atom stereocenters. The topological polar surface area (TPSA) is 49.8 Å². The second-order valence-electron chi connectivity index (χ2n) is 6.21. The van der Waals surface area contributed by atoms with Gasteiger partial charge in [-0.05, 0) is 63.1 Å². The molecule has 0 atom stereocenters. The van der Waals surface area contributed by atoms with Crippen LogP contribution < -0.4 is 10.6 Å². The smallest absolute Gasteiger partial charge is 0.229 e. The van der Waals surface area contributed by atoms with Crippen molar-refractivity contribution >= 4 is 23.1 Å². The summed E-state index contributed by atoms with van der Waals surface area (Å²) in [4.78, 5) is 9.04. The predicted octanol–water partition coefficient (Wildman–Crippen LogP) is 5.20. The van der Waals surface area contributed by atoms with Crippen LogP contribution in [0.3, 0.4) is 0 Å². The van der Waals surface area contributed by atoms with Gasteiger partial charge in [-0.2, -0.15) is 4.98 Å². The Morgan fingerprint density at radius 2 is 1.29 bits per heavy atom. The van der Waals surface area contributed by atoms with Gasteiger partial charge in [0.15, 0.2) is 0 Å². The molecule has 4 nitrogen and oxygen atoms in total. The van der Waals surface area contributed by atoms with Crippen LogP contribution in [-0.2, 0) is 0 Å². The van der Waals surface area contributed by atoms with Crippen molar-refractivity contribution in [1.82, 2.24) is 9.97 Å². The Kier molecular flexibility index (Phi) is 4.47. The summed E-state index contributed by atoms with van der Waals surface area (Å²) in [5, 5.41) is 6.63. The molecule has 3 aromatic rings. The summed E-state index contributed by atoms with van der Waals surface area (Å²) in [6.07, 6.45) is 0. The Morgan fingerprint density at radius 1 is 0.625 bits per heavy atom. The molecular weight excluding hydrogens is 296 g/mol. The maximum absolute atomic E-state index is 4.57. The first-order valence-corrected chi connectivity index (χ1v) is 8.03. The molecule has 0 bridgehead atoms. The number of aryl methyl sites for hydroxylation is 4. The summed E-state index contributed by atoms with van der Waals surface area (Å²) in [5.41, 5.74) is 6.59. The van der Waals surface area contributed by atoms with Gasteiger partial charge in [-0.15, -0.1) is 0 Å². The number of hydrogen-bond acceptors (Lipinski definition) is 4. The van der Waals surface area contributed by atoms with E-state index in [0.717, 1.165) is 22.9 Å². The van der Waals surface area contributed by atoms with Crippen molar-refractivity contribution < 1.29 is 0 Å². The number of rotatable bonds is 4. The predicted molar refractivity (Wildman–Crippen MR) is 100 cm³/mol. The summed E-state index contributed by atoms with van der Waals surface area (Å²) < 4.78 is 0. The van der Waals surface area contributed by atoms with Gasteiger partial charge in [0.2, 0.25) is 5.95 Å². The zero-order valence-electron chi connectivity index (χ0n) is 14.5. The van der Waals surface area contributed by atoms with Crippen molar-refractivity contribution in [3.8, 4) is 0 Å². The Hall–Kier alpha value is -2.88. The maximum atomic E-state index is 4.57. The van der Waals surface area contributed by atoms with Crippen LogP contribution in [0, 0.1) is 27.7 Å². The van der Waals surface area contributed by atoms with E-state index in [2.05, 4.69) is 71.7 Å². The van der Waals surface area contributed by atoms with Crippen LogP contribution in [0.5, 0.6) is 0 Å². The minimum absolute atomic E-state index is 0.589. The first kappa shape index (κ1) is 16.0. The molecule has 2 aromatic carbocycles. The molecule has 0 aliphatic rings. The lowest BCUT2D eigenvalue weighted by molar-refractivity contribution is 1.11. The summed E-state index contributed by atoms with van der Waals surface area (Å²) in [6.45, 7) is 8.22. The van der Waals surface area contributed by atoms with Crippen molar-refractivity contribution in [3.63, 3.8) is 0 Å². The van der Waals surface area contributed by atoms with Crippen molar-refractivity contribution in [1.29, 1.82) is 0 Å². The molecule has 4 heteroatoms. The van der Waals surface area contributed by atoms with Crippen LogP contribution in [0.4, 0.5) is 23.1 Å². The summed E-state index contributed by atoms with van der Waals surface area (Å²) in [5.74, 6) is 1.37. The second kappa shape index (κ2) is 6.71. The minimum Gasteiger partial charge on any atom is -0.340 e. The van der Waals surface area contributed by atoms with Gasteiger partial charge < -0.3 is 10.6 Å². The molecular formula is C20H22N4. The summed E-state index contributed by atoms with van der Waals surface area (Å²) in [7, 11) is 0. The highest BCUT2D eigenvalue weighted by Crippen LogP contribution is 2.21. The average molecular weight is 318 g/mol. The molecule has 0 radical (unpaired) electrons. The zero-order valence-corrected chi connectivity index (χ0v) is 14.5. The fourth-order valence-corrected chi connectivity index (χ4v) is 2.65. The van der Waals surface area contributed by atoms with E-state index in [-0.39, 0.29) is 0 Å². The van der Waals surface area contributed by atoms with Crippen molar-refractivity contribution in [2.75, 3.05) is 10.6 Å². The number of nitrogens with zero attached hydrogens (tertiary/aromatic N) is 2. The lowest BCUT2D eigenvalue weighted by Gasteiger charge is -2.11. The number of benzene rings is 2. The van der Waals surface area contributed by atoms with Gasteiger partial charge in [0.05, 0.1) is 0 Å². The molecule has 0 amide bonds. The zero-order chi connectivity index (χ0) is 17.1. The highest BCUT2D eigenvalue weighted by Gasteiger charge is 2.04. The molecule has 2 N–H and O–H groups in total. The maximum Gasteiger partial charge on any atom is 0.229 e. The molecule has 0 fully saturated rings. The second-order valence-corrected chi connectivity index (χ2v) is 6.21. The largest absolute Gasteiger partial charge is 0.340 e. The van der Waals surface area contributed by atoms with Gasteiger partial charge in [-0.25, -0.2) is 4.98 Å². The Balaban J connectivity index is 1.84. The third-order valence-electron chi connectivity index (χ3n) is 3.66. The van der Waals surface area contributed by atoms with Crippen LogP contribution in [0.25, 0.3) is 0 Å². The Labute approximate surface area is 143 Å². The van der Waals surface area contributed by atoms with E-state index in [9.17, 15) is 0 Å². The van der Waals surface area contributed by atoms with Crippen LogP contribution >= 0.6 is 0 Å². The molecule has 0 spiro atoms. The lowest BCUT2D eigenvalue weighted by Crippen LogP contribution is -2.02. The highest BCUT2D eigenvalue weighted by molar-refractivity contribution is 5.61. The van der Waals surface area contributed by atoms with Crippen molar-refractivity contribution in [2.45, 2.75) is 27.7 Å². The fraction of sp³-hybridized carbons (Fsp3) is 0.200. The highest BCUT2D eigenvalue weighted by atomic mass is 15.1. The monoisotopic (exact) mass is 318 g/mol. The average Bonchev–Trinajstić information content (AvgIpc) is 2.48. The van der Waals surface area contributed by atoms with Crippen LogP contribution in [0.15, 0.2) is 48.5 Å². The fourth-order valence-electron chi connectivity index (χ4n) is 2.65. The quantitative estimate of drug-likeness (QED) is 0.694. The molecule has 24 heavy (non-hydrogen) atoms. The van der Waals surface area contributed by atoms with E-state index < -0.39 is 0 Å². The third-order valence-corrected chi connectivity index (χ3v) is 3.66. The van der Waals surface area contributed by atoms with Crippen LogP contribution in [-0.4, -0.2) is 9.97 Å². The molecule has 122 valence electrons. The van der Waals surface area contributed by atoms with Crippen molar-refractivity contribution in [2.24, 2.45) is 0 Å². The molecule has 0 aliphatic carbocycles. The van der Waals surface area contributed by atoms with E-state index in [1.165, 1.54) is 16.7 Å². The molecule has 3 rings (SSSR count). The molecule has 1 aromatic heterocycles. The van der Waals surface area contributed by atoms with E-state index in [1.807, 2.05) is 25.1 Å². The lowest BCUT2D eigenvalue weighted by atomic mass is 10.1. The minimum atomic E-state index is 0.589. The standard InChI is InChI=1S/C20H22N4/c1-13-5-7-17(8-6-13)23-20-21-16(4)12-19(24-20)22-18-10-14(2)9-15(3)11-18/h5-12H,1-4H3,(H2,21,22,23,24). The van der Waals surface area contributed by atoms with Gasteiger partial charge in [0, 0.05) is 23.1 Å². The molecule has 0 saturated heterocycles. The van der Waals surface area contributed by atoms with Gasteiger partial charge >= 0.3 is 0 Å². The number of anilines is 4. The van der Waals surface area contributed by atoms with Crippen LogP contribution in [0.1, 0.15) is 22.4 Å². The molecule has 1 heterocycles. The normalized spacial score (nSPS) is 10.5. The first-order valence-electron chi connectivity index (χ1n) is 8.03. The number of hydrogen-bond donors (Lipinski definition) is 2. The van der Waals surface area contributed by atoms with Crippen molar-refractivity contribution in [3.05, 3.63) is 70.9 Å². The molecule has 0 aliphatic heterocycles. The molecule has 0 saturated carbocycles. The summed E-state index contributed by atoms with van der Waals surface area (Å²) >= 11 is 0. The van der Waals surface area contributed by atoms with Gasteiger partial charge in [0.25, 0.3) is 0 Å². The Morgan fingerprint density at radius 3 is 1.96 bits per heavy atom. The Bertz CT molecular complexity index is 834. The van der Waals surface area contributed by atoms with Gasteiger partial charge in [-0.1, -0.05) is 23.8 Å².